The Kier molecular flexibility index (Phi) is 3.25. The lowest BCUT2D eigenvalue weighted by molar-refractivity contribution is 0.185. The van der Waals surface area contributed by atoms with Crippen molar-refractivity contribution in [3.63, 3.8) is 0 Å². The summed E-state index contributed by atoms with van der Waals surface area (Å²) in [5, 5.41) is 9.72. The first-order chi connectivity index (χ1) is 6.06. The van der Waals surface area contributed by atoms with Gasteiger partial charge in [-0.25, -0.2) is 4.39 Å². The summed E-state index contributed by atoms with van der Waals surface area (Å²) in [6, 6.07) is 2.46. The molecule has 0 heterocycles. The maximum atomic E-state index is 12.9. The van der Waals surface area contributed by atoms with E-state index >= 15 is 0 Å². The minimum atomic E-state index is -0.854. The molecule has 3 N–H and O–H groups in total. The second-order valence-electron chi connectivity index (χ2n) is 2.85. The lowest BCUT2D eigenvalue weighted by Crippen LogP contribution is -2.13. The molecule has 0 radical (unpaired) electrons. The van der Waals surface area contributed by atoms with Gasteiger partial charge in [-0.3, -0.25) is 0 Å². The zero-order valence-electron chi connectivity index (χ0n) is 7.22. The van der Waals surface area contributed by atoms with Crippen LogP contribution in [-0.2, 0) is 0 Å². The summed E-state index contributed by atoms with van der Waals surface area (Å²) >= 11 is 5.73. The molecule has 0 aliphatic rings. The van der Waals surface area contributed by atoms with Crippen LogP contribution < -0.4 is 5.73 Å². The molecule has 72 valence electrons. The molecular weight excluding hydrogens is 193 g/mol. The maximum Gasteiger partial charge on any atom is 0.125 e. The molecule has 4 heteroatoms. The molecule has 0 aliphatic carbocycles. The third-order valence-corrected chi connectivity index (χ3v) is 2.32. The van der Waals surface area contributed by atoms with Gasteiger partial charge >= 0.3 is 0 Å². The zero-order chi connectivity index (χ0) is 10.0. The minimum absolute atomic E-state index is 0.0562. The maximum absolute atomic E-state index is 12.9. The summed E-state index contributed by atoms with van der Waals surface area (Å²) in [7, 11) is 0. The fourth-order valence-electron chi connectivity index (χ4n) is 1.14. The quantitative estimate of drug-likeness (QED) is 0.770. The van der Waals surface area contributed by atoms with Gasteiger partial charge in [-0.15, -0.1) is 0 Å². The van der Waals surface area contributed by atoms with E-state index in [9.17, 15) is 9.50 Å². The smallest absolute Gasteiger partial charge is 0.125 e. The summed E-state index contributed by atoms with van der Waals surface area (Å²) in [4.78, 5) is 0. The summed E-state index contributed by atoms with van der Waals surface area (Å²) in [6.45, 7) is 1.77. The van der Waals surface area contributed by atoms with Crippen molar-refractivity contribution in [1.82, 2.24) is 0 Å². The van der Waals surface area contributed by atoms with Crippen LogP contribution in [0.4, 0.5) is 4.39 Å². The van der Waals surface area contributed by atoms with E-state index in [-0.39, 0.29) is 6.54 Å². The first kappa shape index (κ1) is 10.4. The second kappa shape index (κ2) is 4.05. The summed E-state index contributed by atoms with van der Waals surface area (Å²) in [5.74, 6) is -0.460. The second-order valence-corrected chi connectivity index (χ2v) is 3.26. The van der Waals surface area contributed by atoms with Crippen molar-refractivity contribution in [2.24, 2.45) is 5.73 Å². The van der Waals surface area contributed by atoms with E-state index in [4.69, 9.17) is 17.3 Å². The molecule has 0 spiro atoms. The van der Waals surface area contributed by atoms with E-state index in [0.717, 1.165) is 0 Å². The highest BCUT2D eigenvalue weighted by molar-refractivity contribution is 6.31. The Labute approximate surface area is 81.1 Å². The van der Waals surface area contributed by atoms with E-state index in [1.807, 2.05) is 0 Å². The highest BCUT2D eigenvalue weighted by Crippen LogP contribution is 2.25. The predicted octanol–water partition coefficient (Wildman–Crippen LogP) is 1.78. The van der Waals surface area contributed by atoms with Gasteiger partial charge < -0.3 is 10.8 Å². The van der Waals surface area contributed by atoms with Crippen molar-refractivity contribution in [1.29, 1.82) is 0 Å². The Hall–Kier alpha value is -0.640. The number of hydrogen-bond donors (Lipinski definition) is 2. The molecule has 0 saturated carbocycles. The third kappa shape index (κ3) is 2.18. The largest absolute Gasteiger partial charge is 0.387 e. The molecule has 1 aromatic carbocycles. The van der Waals surface area contributed by atoms with Crippen molar-refractivity contribution in [3.8, 4) is 0 Å². The number of aliphatic hydroxyl groups excluding tert-OH is 1. The minimum Gasteiger partial charge on any atom is -0.387 e. The molecule has 1 rings (SSSR count). The molecule has 1 unspecified atom stereocenters. The Morgan fingerprint density at radius 2 is 2.23 bits per heavy atom. The normalized spacial score (nSPS) is 13.0. The van der Waals surface area contributed by atoms with E-state index in [1.54, 1.807) is 6.92 Å². The summed E-state index contributed by atoms with van der Waals surface area (Å²) < 4.78 is 12.9. The van der Waals surface area contributed by atoms with Crippen LogP contribution in [0.15, 0.2) is 12.1 Å². The highest BCUT2D eigenvalue weighted by atomic mass is 35.5. The van der Waals surface area contributed by atoms with Crippen LogP contribution in [0.1, 0.15) is 17.2 Å². The van der Waals surface area contributed by atoms with E-state index in [2.05, 4.69) is 0 Å². The first-order valence-electron chi connectivity index (χ1n) is 3.90. The topological polar surface area (TPSA) is 46.2 Å². The molecular formula is C9H11ClFNO. The number of aliphatic hydroxyl groups is 1. The van der Waals surface area contributed by atoms with Crippen molar-refractivity contribution in [2.45, 2.75) is 13.0 Å². The molecule has 1 aromatic rings. The van der Waals surface area contributed by atoms with Gasteiger partial charge in [0.1, 0.15) is 5.82 Å². The Bertz CT molecular complexity index is 317. The van der Waals surface area contributed by atoms with Crippen LogP contribution in [0.2, 0.25) is 5.02 Å². The number of halogens is 2. The average molecular weight is 204 g/mol. The van der Waals surface area contributed by atoms with Gasteiger partial charge in [-0.05, 0) is 30.2 Å². The highest BCUT2D eigenvalue weighted by Gasteiger charge is 2.12. The Morgan fingerprint density at radius 3 is 2.77 bits per heavy atom. The third-order valence-electron chi connectivity index (χ3n) is 1.93. The van der Waals surface area contributed by atoms with E-state index in [1.165, 1.54) is 12.1 Å². The van der Waals surface area contributed by atoms with Gasteiger partial charge in [0.2, 0.25) is 0 Å². The molecule has 13 heavy (non-hydrogen) atoms. The van der Waals surface area contributed by atoms with E-state index in [0.29, 0.717) is 16.1 Å². The van der Waals surface area contributed by atoms with Crippen molar-refractivity contribution in [3.05, 3.63) is 34.1 Å². The fourth-order valence-corrected chi connectivity index (χ4v) is 1.35. The molecule has 0 saturated heterocycles. The average Bonchev–Trinajstić information content (AvgIpc) is 2.10. The lowest BCUT2D eigenvalue weighted by atomic mass is 10.0. The standard InChI is InChI=1S/C9H11ClFNO/c1-5-7(9(13)4-12)2-6(11)3-8(5)10/h2-3,9,13H,4,12H2,1H3. The van der Waals surface area contributed by atoms with Crippen LogP contribution in [0.3, 0.4) is 0 Å². The van der Waals surface area contributed by atoms with E-state index < -0.39 is 11.9 Å². The molecule has 0 fully saturated rings. The Morgan fingerprint density at radius 1 is 1.62 bits per heavy atom. The van der Waals surface area contributed by atoms with Gasteiger partial charge in [0.25, 0.3) is 0 Å². The molecule has 2 nitrogen and oxygen atoms in total. The van der Waals surface area contributed by atoms with Crippen LogP contribution in [0.5, 0.6) is 0 Å². The molecule has 1 atom stereocenters. The predicted molar refractivity (Wildman–Crippen MR) is 50.2 cm³/mol. The van der Waals surface area contributed by atoms with Crippen LogP contribution >= 0.6 is 11.6 Å². The summed E-state index contributed by atoms with van der Waals surface area (Å²) in [6.07, 6.45) is -0.854. The van der Waals surface area contributed by atoms with Crippen LogP contribution in [-0.4, -0.2) is 11.7 Å². The van der Waals surface area contributed by atoms with Crippen molar-refractivity contribution < 1.29 is 9.50 Å². The monoisotopic (exact) mass is 203 g/mol. The first-order valence-corrected chi connectivity index (χ1v) is 4.27. The van der Waals surface area contributed by atoms with Gasteiger partial charge in [-0.2, -0.15) is 0 Å². The fraction of sp³-hybridized carbons (Fsp3) is 0.333. The van der Waals surface area contributed by atoms with Crippen molar-refractivity contribution >= 4 is 11.6 Å². The van der Waals surface area contributed by atoms with Gasteiger partial charge in [0.05, 0.1) is 6.10 Å². The molecule has 0 bridgehead atoms. The number of benzene rings is 1. The molecule has 0 amide bonds. The zero-order valence-corrected chi connectivity index (χ0v) is 7.98. The van der Waals surface area contributed by atoms with Crippen LogP contribution in [0, 0.1) is 12.7 Å². The number of rotatable bonds is 2. The lowest BCUT2D eigenvalue weighted by Gasteiger charge is -2.12. The van der Waals surface area contributed by atoms with Gasteiger partial charge in [-0.1, -0.05) is 11.6 Å². The van der Waals surface area contributed by atoms with Crippen molar-refractivity contribution in [2.75, 3.05) is 6.54 Å². The van der Waals surface area contributed by atoms with Crippen LogP contribution in [0.25, 0.3) is 0 Å². The Balaban J connectivity index is 3.20. The molecule has 0 aliphatic heterocycles. The summed E-state index contributed by atoms with van der Waals surface area (Å²) in [5.41, 5.74) is 6.38. The number of hydrogen-bond acceptors (Lipinski definition) is 2. The SMILES string of the molecule is Cc1c(Cl)cc(F)cc1C(O)CN. The molecule has 0 aromatic heterocycles. The van der Waals surface area contributed by atoms with Gasteiger partial charge in [0, 0.05) is 11.6 Å². The van der Waals surface area contributed by atoms with Gasteiger partial charge in [0.15, 0.2) is 0 Å². The number of nitrogens with two attached hydrogens (primary N) is 1.